The second-order valence-electron chi connectivity index (χ2n) is 5.48. The van der Waals surface area contributed by atoms with Gasteiger partial charge in [-0.3, -0.25) is 9.59 Å². The van der Waals surface area contributed by atoms with Crippen LogP contribution in [-0.2, 0) is 16.1 Å². The van der Waals surface area contributed by atoms with Crippen molar-refractivity contribution in [3.63, 3.8) is 0 Å². The molecule has 2 atom stereocenters. The van der Waals surface area contributed by atoms with Gasteiger partial charge in [-0.2, -0.15) is 0 Å². The van der Waals surface area contributed by atoms with Crippen molar-refractivity contribution in [3.05, 3.63) is 34.3 Å². The summed E-state index contributed by atoms with van der Waals surface area (Å²) in [6.45, 7) is 3.21. The van der Waals surface area contributed by atoms with Gasteiger partial charge in [0, 0.05) is 11.0 Å². The first-order chi connectivity index (χ1) is 9.97. The lowest BCUT2D eigenvalue weighted by Crippen LogP contribution is -2.48. The fourth-order valence-electron chi connectivity index (χ4n) is 2.57. The van der Waals surface area contributed by atoms with Gasteiger partial charge in [-0.05, 0) is 36.6 Å². The third kappa shape index (κ3) is 4.28. The highest BCUT2D eigenvalue weighted by Crippen LogP contribution is 2.18. The summed E-state index contributed by atoms with van der Waals surface area (Å²) < 4.78 is 0.977. The number of halogens is 1. The number of amides is 2. The van der Waals surface area contributed by atoms with Gasteiger partial charge < -0.3 is 16.0 Å². The van der Waals surface area contributed by atoms with Crippen molar-refractivity contribution >= 4 is 27.7 Å². The lowest BCUT2D eigenvalue weighted by atomic mass is 10.0. The van der Waals surface area contributed by atoms with Crippen molar-refractivity contribution in [1.82, 2.24) is 10.2 Å². The molecule has 1 aromatic rings. The number of benzene rings is 1. The summed E-state index contributed by atoms with van der Waals surface area (Å²) in [5.41, 5.74) is 6.25. The molecule has 0 aliphatic carbocycles. The highest BCUT2D eigenvalue weighted by atomic mass is 79.9. The molecule has 1 aliphatic heterocycles. The normalized spacial score (nSPS) is 21.2. The van der Waals surface area contributed by atoms with Crippen molar-refractivity contribution < 1.29 is 9.59 Å². The second kappa shape index (κ2) is 7.04. The summed E-state index contributed by atoms with van der Waals surface area (Å²) in [4.78, 5) is 25.4. The number of primary amides is 1. The summed E-state index contributed by atoms with van der Waals surface area (Å²) in [5.74, 6) is -0.273. The van der Waals surface area contributed by atoms with Crippen LogP contribution in [0.1, 0.15) is 18.9 Å². The molecule has 0 bridgehead atoms. The van der Waals surface area contributed by atoms with E-state index in [4.69, 9.17) is 5.73 Å². The van der Waals surface area contributed by atoms with E-state index in [-0.39, 0.29) is 24.4 Å². The third-order valence-corrected chi connectivity index (χ3v) is 4.27. The molecule has 2 rings (SSSR count). The zero-order valence-corrected chi connectivity index (χ0v) is 13.6. The lowest BCUT2D eigenvalue weighted by Gasteiger charge is -2.26. The van der Waals surface area contributed by atoms with Gasteiger partial charge in [-0.15, -0.1) is 0 Å². The van der Waals surface area contributed by atoms with Gasteiger partial charge in [0.25, 0.3) is 0 Å². The van der Waals surface area contributed by atoms with E-state index < -0.39 is 5.91 Å². The Morgan fingerprint density at radius 1 is 1.38 bits per heavy atom. The van der Waals surface area contributed by atoms with Crippen molar-refractivity contribution in [2.45, 2.75) is 25.9 Å². The maximum absolute atomic E-state index is 12.6. The van der Waals surface area contributed by atoms with E-state index in [1.165, 1.54) is 4.90 Å². The van der Waals surface area contributed by atoms with Crippen molar-refractivity contribution in [1.29, 1.82) is 0 Å². The number of nitrogens with one attached hydrogen (secondary N) is 1. The number of rotatable bonds is 5. The lowest BCUT2D eigenvalue weighted by molar-refractivity contribution is -0.138. The van der Waals surface area contributed by atoms with Crippen LogP contribution in [0.15, 0.2) is 28.7 Å². The van der Waals surface area contributed by atoms with E-state index in [1.54, 1.807) is 0 Å². The molecular weight excluding hydrogens is 334 g/mol. The summed E-state index contributed by atoms with van der Waals surface area (Å²) in [6.07, 6.45) is 0.971. The van der Waals surface area contributed by atoms with E-state index in [9.17, 15) is 9.59 Å². The van der Waals surface area contributed by atoms with Gasteiger partial charge in [-0.25, -0.2) is 0 Å². The summed E-state index contributed by atoms with van der Waals surface area (Å²) >= 11 is 3.38. The van der Waals surface area contributed by atoms with E-state index in [2.05, 4.69) is 21.2 Å². The first kappa shape index (κ1) is 16.0. The van der Waals surface area contributed by atoms with E-state index >= 15 is 0 Å². The molecule has 5 nitrogen and oxygen atoms in total. The number of hydrogen-bond donors (Lipinski definition) is 2. The monoisotopic (exact) mass is 353 g/mol. The Kier molecular flexibility index (Phi) is 5.36. The predicted molar refractivity (Wildman–Crippen MR) is 84.3 cm³/mol. The van der Waals surface area contributed by atoms with Gasteiger partial charge >= 0.3 is 0 Å². The quantitative estimate of drug-likeness (QED) is 0.836. The van der Waals surface area contributed by atoms with Gasteiger partial charge in [0.2, 0.25) is 11.8 Å². The van der Waals surface area contributed by atoms with Crippen LogP contribution in [0, 0.1) is 5.92 Å². The molecule has 114 valence electrons. The minimum absolute atomic E-state index is 0.0540. The Balaban J connectivity index is 2.11. The van der Waals surface area contributed by atoms with Crippen LogP contribution < -0.4 is 11.1 Å². The van der Waals surface area contributed by atoms with Gasteiger partial charge in [-0.1, -0.05) is 35.0 Å². The maximum Gasteiger partial charge on any atom is 0.240 e. The Morgan fingerprint density at radius 2 is 2.05 bits per heavy atom. The highest BCUT2D eigenvalue weighted by Gasteiger charge is 2.33. The first-order valence-corrected chi connectivity index (χ1v) is 7.81. The maximum atomic E-state index is 12.6. The number of nitrogens with two attached hydrogens (primary N) is 1. The molecule has 1 aromatic carbocycles. The van der Waals surface area contributed by atoms with E-state index in [0.29, 0.717) is 6.54 Å². The predicted octanol–water partition coefficient (Wildman–Crippen LogP) is 1.26. The molecule has 1 saturated heterocycles. The molecule has 3 N–H and O–H groups in total. The average molecular weight is 354 g/mol. The number of nitrogens with zero attached hydrogens (tertiary/aromatic N) is 1. The topological polar surface area (TPSA) is 75.4 Å². The van der Waals surface area contributed by atoms with Gasteiger partial charge in [0.15, 0.2) is 0 Å². The molecule has 2 unspecified atom stereocenters. The van der Waals surface area contributed by atoms with E-state index in [1.807, 2.05) is 31.2 Å². The zero-order chi connectivity index (χ0) is 15.4. The molecule has 0 aromatic heterocycles. The smallest absolute Gasteiger partial charge is 0.240 e. The SMILES string of the molecule is CC1CCNC1C(=O)N(CC(N)=O)Cc1ccc(Br)cc1. The number of carbonyl (C=O) groups is 2. The minimum Gasteiger partial charge on any atom is -0.368 e. The fourth-order valence-corrected chi connectivity index (χ4v) is 2.84. The summed E-state index contributed by atoms with van der Waals surface area (Å²) in [5, 5.41) is 3.20. The third-order valence-electron chi connectivity index (χ3n) is 3.74. The van der Waals surface area contributed by atoms with Gasteiger partial charge in [0.1, 0.15) is 0 Å². The minimum atomic E-state index is -0.494. The molecule has 0 radical (unpaired) electrons. The number of hydrogen-bond acceptors (Lipinski definition) is 3. The molecule has 1 aliphatic rings. The zero-order valence-electron chi connectivity index (χ0n) is 12.0. The molecule has 1 heterocycles. The fraction of sp³-hybridized carbons (Fsp3) is 0.467. The number of carbonyl (C=O) groups excluding carboxylic acids is 2. The van der Waals surface area contributed by atoms with Crippen LogP contribution in [0.3, 0.4) is 0 Å². The van der Waals surface area contributed by atoms with Crippen LogP contribution >= 0.6 is 15.9 Å². The van der Waals surface area contributed by atoms with Crippen molar-refractivity contribution in [2.24, 2.45) is 11.7 Å². The highest BCUT2D eigenvalue weighted by molar-refractivity contribution is 9.10. The van der Waals surface area contributed by atoms with Crippen LogP contribution in [0.5, 0.6) is 0 Å². The molecule has 0 spiro atoms. The van der Waals surface area contributed by atoms with Crippen LogP contribution in [0.4, 0.5) is 0 Å². The van der Waals surface area contributed by atoms with Crippen LogP contribution in [0.2, 0.25) is 0 Å². The summed E-state index contributed by atoms with van der Waals surface area (Å²) in [6, 6.07) is 7.46. The second-order valence-corrected chi connectivity index (χ2v) is 6.40. The van der Waals surface area contributed by atoms with Gasteiger partial charge in [0.05, 0.1) is 12.6 Å². The van der Waals surface area contributed by atoms with Crippen molar-refractivity contribution in [2.75, 3.05) is 13.1 Å². The Labute approximate surface area is 133 Å². The Hall–Kier alpha value is -1.40. The van der Waals surface area contributed by atoms with E-state index in [0.717, 1.165) is 23.0 Å². The molecule has 1 fully saturated rings. The van der Waals surface area contributed by atoms with Crippen LogP contribution in [-0.4, -0.2) is 35.8 Å². The standard InChI is InChI=1S/C15H20BrN3O2/c1-10-6-7-18-14(10)15(21)19(9-13(17)20)8-11-2-4-12(16)5-3-11/h2-5,10,14,18H,6-9H2,1H3,(H2,17,20). The molecule has 2 amide bonds. The Morgan fingerprint density at radius 3 is 2.57 bits per heavy atom. The summed E-state index contributed by atoms with van der Waals surface area (Å²) in [7, 11) is 0. The van der Waals surface area contributed by atoms with Crippen LogP contribution in [0.25, 0.3) is 0 Å². The molecule has 6 heteroatoms. The average Bonchev–Trinajstić information content (AvgIpc) is 2.85. The molecular formula is C15H20BrN3O2. The molecule has 21 heavy (non-hydrogen) atoms. The van der Waals surface area contributed by atoms with Crippen molar-refractivity contribution in [3.8, 4) is 0 Å². The Bertz CT molecular complexity index is 518. The largest absolute Gasteiger partial charge is 0.368 e. The molecule has 0 saturated carbocycles. The first-order valence-electron chi connectivity index (χ1n) is 7.02.